The SMILES string of the molecule is CCCC(C)(C)C(=O)OCCCn1ccc2cc(C[C@@H](C)NCCOc3ccccc3OCC(F)(F)F)cc(C(N)=O)c21. The van der Waals surface area contributed by atoms with Crippen LogP contribution in [-0.2, 0) is 22.5 Å². The highest BCUT2D eigenvalue weighted by Crippen LogP contribution is 2.29. The van der Waals surface area contributed by atoms with Crippen LogP contribution >= 0.6 is 0 Å². The lowest BCUT2D eigenvalue weighted by Gasteiger charge is -2.21. The first-order valence-electron chi connectivity index (χ1n) is 14.5. The van der Waals surface area contributed by atoms with Gasteiger partial charge in [-0.05, 0) is 75.9 Å². The monoisotopic (exact) mass is 605 g/mol. The molecule has 0 unspecified atom stereocenters. The van der Waals surface area contributed by atoms with Crippen LogP contribution < -0.4 is 20.5 Å². The number of carbonyl (C=O) groups is 2. The summed E-state index contributed by atoms with van der Waals surface area (Å²) < 4.78 is 55.5. The number of nitrogens with two attached hydrogens (primary N) is 1. The van der Waals surface area contributed by atoms with E-state index >= 15 is 0 Å². The lowest BCUT2D eigenvalue weighted by atomic mass is 9.88. The first-order chi connectivity index (χ1) is 20.3. The van der Waals surface area contributed by atoms with Crippen molar-refractivity contribution in [1.29, 1.82) is 0 Å². The van der Waals surface area contributed by atoms with Crippen molar-refractivity contribution in [3.8, 4) is 11.5 Å². The number of halogens is 3. The van der Waals surface area contributed by atoms with Gasteiger partial charge in [-0.25, -0.2) is 0 Å². The summed E-state index contributed by atoms with van der Waals surface area (Å²) >= 11 is 0. The predicted molar refractivity (Wildman–Crippen MR) is 159 cm³/mol. The summed E-state index contributed by atoms with van der Waals surface area (Å²) in [7, 11) is 0. The second-order valence-electron chi connectivity index (χ2n) is 11.3. The number of aryl methyl sites for hydroxylation is 1. The molecule has 0 aliphatic heterocycles. The minimum Gasteiger partial charge on any atom is -0.488 e. The lowest BCUT2D eigenvalue weighted by molar-refractivity contribution is -0.154. The number of rotatable bonds is 17. The number of ether oxygens (including phenoxy) is 3. The Morgan fingerprint density at radius 1 is 1.05 bits per heavy atom. The highest BCUT2D eigenvalue weighted by molar-refractivity contribution is 6.05. The van der Waals surface area contributed by atoms with Gasteiger partial charge in [0.25, 0.3) is 5.91 Å². The van der Waals surface area contributed by atoms with Crippen LogP contribution in [0.2, 0.25) is 0 Å². The normalized spacial score (nSPS) is 12.7. The maximum Gasteiger partial charge on any atom is 0.422 e. The first-order valence-corrected chi connectivity index (χ1v) is 14.5. The van der Waals surface area contributed by atoms with E-state index in [0.29, 0.717) is 31.5 Å². The highest BCUT2D eigenvalue weighted by atomic mass is 19.4. The number of fused-ring (bicyclic) bond motifs is 1. The number of amides is 1. The molecule has 11 heteroatoms. The molecule has 1 atom stereocenters. The van der Waals surface area contributed by atoms with E-state index in [2.05, 4.69) is 5.32 Å². The molecule has 0 aliphatic rings. The Balaban J connectivity index is 1.54. The van der Waals surface area contributed by atoms with E-state index in [1.165, 1.54) is 6.07 Å². The summed E-state index contributed by atoms with van der Waals surface area (Å²) in [5.74, 6) is -0.465. The molecular weight excluding hydrogens is 563 g/mol. The zero-order valence-electron chi connectivity index (χ0n) is 25.3. The maximum absolute atomic E-state index is 12.5. The third-order valence-electron chi connectivity index (χ3n) is 7.02. The van der Waals surface area contributed by atoms with Gasteiger partial charge < -0.3 is 29.8 Å². The molecule has 0 fully saturated rings. The van der Waals surface area contributed by atoms with Crippen molar-refractivity contribution in [1.82, 2.24) is 9.88 Å². The number of esters is 1. The quantitative estimate of drug-likeness (QED) is 0.144. The molecule has 3 aromatic rings. The minimum absolute atomic E-state index is 0.00669. The number of primary amides is 1. The predicted octanol–water partition coefficient (Wildman–Crippen LogP) is 6.04. The number of alkyl halides is 3. The summed E-state index contributed by atoms with van der Waals surface area (Å²) in [6.45, 7) is 7.92. The van der Waals surface area contributed by atoms with Gasteiger partial charge in [-0.2, -0.15) is 13.2 Å². The molecule has 3 rings (SSSR count). The Morgan fingerprint density at radius 3 is 2.40 bits per heavy atom. The van der Waals surface area contributed by atoms with Crippen molar-refractivity contribution in [2.45, 2.75) is 72.1 Å². The van der Waals surface area contributed by atoms with Crippen molar-refractivity contribution in [3.05, 3.63) is 59.8 Å². The van der Waals surface area contributed by atoms with Gasteiger partial charge in [0.05, 0.1) is 23.1 Å². The van der Waals surface area contributed by atoms with Crippen LogP contribution in [0.25, 0.3) is 10.9 Å². The van der Waals surface area contributed by atoms with Crippen molar-refractivity contribution >= 4 is 22.8 Å². The number of aromatic nitrogens is 1. The number of benzene rings is 2. The Kier molecular flexibility index (Phi) is 11.9. The standard InChI is InChI=1S/C32H42F3N3O5/c1-5-12-31(3,4)30(40)42-16-8-14-38-15-11-24-19-23(20-25(28(24)38)29(36)39)18-22(2)37-13-17-41-26-9-6-7-10-27(26)43-21-32(33,34)35/h6-7,9-11,15,19-20,22,37H,5,8,12-14,16-18,21H2,1-4H3,(H2,36,39)/t22-/m1/s1. The van der Waals surface area contributed by atoms with E-state index in [9.17, 15) is 22.8 Å². The van der Waals surface area contributed by atoms with Crippen molar-refractivity contribution < 1.29 is 37.0 Å². The molecule has 3 N–H and O–H groups in total. The summed E-state index contributed by atoms with van der Waals surface area (Å²) in [5, 5.41) is 4.22. The van der Waals surface area contributed by atoms with Gasteiger partial charge in [0.1, 0.15) is 6.61 Å². The van der Waals surface area contributed by atoms with E-state index in [1.54, 1.807) is 24.3 Å². The molecule has 2 aromatic carbocycles. The number of nitrogens with zero attached hydrogens (tertiary/aromatic N) is 1. The maximum atomic E-state index is 12.5. The molecule has 236 valence electrons. The van der Waals surface area contributed by atoms with Crippen LogP contribution in [0.3, 0.4) is 0 Å². The zero-order chi connectivity index (χ0) is 31.6. The average Bonchev–Trinajstić information content (AvgIpc) is 3.34. The molecule has 0 aliphatic carbocycles. The Hall–Kier alpha value is -3.73. The molecule has 0 saturated carbocycles. The molecule has 8 nitrogen and oxygen atoms in total. The van der Waals surface area contributed by atoms with Crippen molar-refractivity contribution in [2.75, 3.05) is 26.4 Å². The van der Waals surface area contributed by atoms with Gasteiger partial charge in [0.15, 0.2) is 18.1 Å². The van der Waals surface area contributed by atoms with Gasteiger partial charge in [-0.15, -0.1) is 0 Å². The van der Waals surface area contributed by atoms with E-state index in [0.717, 1.165) is 29.3 Å². The Morgan fingerprint density at radius 2 is 1.74 bits per heavy atom. The molecule has 0 bridgehead atoms. The third-order valence-corrected chi connectivity index (χ3v) is 7.02. The molecule has 1 amide bonds. The van der Waals surface area contributed by atoms with E-state index < -0.39 is 24.1 Å². The van der Waals surface area contributed by atoms with Gasteiger partial charge in [0, 0.05) is 30.7 Å². The number of hydrogen-bond acceptors (Lipinski definition) is 6. The molecule has 0 radical (unpaired) electrons. The molecule has 1 heterocycles. The van der Waals surface area contributed by atoms with E-state index in [-0.39, 0.29) is 36.7 Å². The minimum atomic E-state index is -4.44. The van der Waals surface area contributed by atoms with Crippen LogP contribution in [0, 0.1) is 5.41 Å². The first kappa shape index (κ1) is 33.8. The second kappa shape index (κ2) is 15.1. The summed E-state index contributed by atoms with van der Waals surface area (Å²) in [5.41, 5.74) is 7.35. The second-order valence-corrected chi connectivity index (χ2v) is 11.3. The van der Waals surface area contributed by atoms with Crippen LogP contribution in [0.1, 0.15) is 62.9 Å². The van der Waals surface area contributed by atoms with Crippen LogP contribution in [0.4, 0.5) is 13.2 Å². The number of hydrogen-bond donors (Lipinski definition) is 2. The van der Waals surface area contributed by atoms with Crippen LogP contribution in [0.15, 0.2) is 48.7 Å². The fourth-order valence-electron chi connectivity index (χ4n) is 4.97. The van der Waals surface area contributed by atoms with Crippen molar-refractivity contribution in [3.63, 3.8) is 0 Å². The fraction of sp³-hybridized carbons (Fsp3) is 0.500. The van der Waals surface area contributed by atoms with Crippen LogP contribution in [0.5, 0.6) is 11.5 Å². The number of carbonyl (C=O) groups excluding carboxylic acids is 2. The van der Waals surface area contributed by atoms with E-state index in [1.807, 2.05) is 50.6 Å². The van der Waals surface area contributed by atoms with Gasteiger partial charge in [0.2, 0.25) is 0 Å². The van der Waals surface area contributed by atoms with Gasteiger partial charge in [-0.1, -0.05) is 25.5 Å². The largest absolute Gasteiger partial charge is 0.488 e. The van der Waals surface area contributed by atoms with Gasteiger partial charge >= 0.3 is 12.1 Å². The molecule has 1 aromatic heterocycles. The zero-order valence-corrected chi connectivity index (χ0v) is 25.3. The summed E-state index contributed by atoms with van der Waals surface area (Å²) in [4.78, 5) is 24.8. The Labute approximate surface area is 250 Å². The molecule has 0 saturated heterocycles. The molecule has 0 spiro atoms. The number of nitrogens with one attached hydrogen (secondary N) is 1. The number of para-hydroxylation sites is 2. The summed E-state index contributed by atoms with van der Waals surface area (Å²) in [6.07, 6.45) is 0.333. The van der Waals surface area contributed by atoms with Gasteiger partial charge in [-0.3, -0.25) is 9.59 Å². The highest BCUT2D eigenvalue weighted by Gasteiger charge is 2.29. The average molecular weight is 606 g/mol. The molecule has 43 heavy (non-hydrogen) atoms. The molecular formula is C32H42F3N3O5. The van der Waals surface area contributed by atoms with Crippen LogP contribution in [-0.4, -0.2) is 55.0 Å². The third kappa shape index (κ3) is 10.2. The smallest absolute Gasteiger partial charge is 0.422 e. The summed E-state index contributed by atoms with van der Waals surface area (Å²) in [6, 6.07) is 12.0. The van der Waals surface area contributed by atoms with Crippen molar-refractivity contribution in [2.24, 2.45) is 11.1 Å². The Bertz CT molecular complexity index is 1370. The topological polar surface area (TPSA) is 105 Å². The van der Waals surface area contributed by atoms with E-state index in [4.69, 9.17) is 19.9 Å². The fourth-order valence-corrected chi connectivity index (χ4v) is 4.97. The lowest BCUT2D eigenvalue weighted by Crippen LogP contribution is -2.32.